The van der Waals surface area contributed by atoms with Gasteiger partial charge in [0.05, 0.1) is 4.91 Å². The zero-order valence-corrected chi connectivity index (χ0v) is 25.0. The highest BCUT2D eigenvalue weighted by molar-refractivity contribution is 8.04. The molecule has 1 aromatic heterocycles. The first-order valence-electron chi connectivity index (χ1n) is 13.9. The van der Waals surface area contributed by atoms with Crippen LogP contribution in [0.5, 0.6) is 0 Å². The molecule has 2 aliphatic carbocycles. The summed E-state index contributed by atoms with van der Waals surface area (Å²) in [5.41, 5.74) is 3.41. The van der Waals surface area contributed by atoms with Gasteiger partial charge in [-0.2, -0.15) is 0 Å². The summed E-state index contributed by atoms with van der Waals surface area (Å²) in [7, 11) is 0. The predicted molar refractivity (Wildman–Crippen MR) is 159 cm³/mol. The van der Waals surface area contributed by atoms with Crippen molar-refractivity contribution in [1.82, 2.24) is 20.2 Å². The number of hydrogen-bond acceptors (Lipinski definition) is 9. The molecule has 5 rings (SSSR count). The minimum absolute atomic E-state index is 0.126. The number of anilines is 1. The molecule has 1 unspecified atom stereocenters. The average Bonchev–Trinajstić information content (AvgIpc) is 3.90. The third-order valence-electron chi connectivity index (χ3n) is 7.42. The third-order valence-corrected chi connectivity index (χ3v) is 9.71. The number of allylic oxidation sites excluding steroid dienone is 1. The van der Waals surface area contributed by atoms with Crippen LogP contribution < -0.4 is 16.2 Å². The molecule has 2 saturated carbocycles. The van der Waals surface area contributed by atoms with Crippen LogP contribution in [0.2, 0.25) is 0 Å². The molecule has 1 aromatic carbocycles. The zero-order valence-electron chi connectivity index (χ0n) is 23.4. The second-order valence-electron chi connectivity index (χ2n) is 11.2. The lowest BCUT2D eigenvalue weighted by molar-refractivity contribution is -0.125. The van der Waals surface area contributed by atoms with Gasteiger partial charge in [0, 0.05) is 23.7 Å². The lowest BCUT2D eigenvalue weighted by Gasteiger charge is -2.26. The number of nitrogens with one attached hydrogen (secondary N) is 1. The fourth-order valence-electron chi connectivity index (χ4n) is 5.04. The van der Waals surface area contributed by atoms with Crippen molar-refractivity contribution in [3.05, 3.63) is 57.6 Å². The number of imide groups is 1. The first kappa shape index (κ1) is 29.3. The fourth-order valence-corrected chi connectivity index (χ4v) is 7.27. The molecule has 12 heteroatoms. The number of thiazole rings is 1. The quantitative estimate of drug-likeness (QED) is 0.167. The van der Waals surface area contributed by atoms with Gasteiger partial charge in [-0.15, -0.1) is 11.3 Å². The van der Waals surface area contributed by atoms with Gasteiger partial charge >= 0.3 is 6.03 Å². The van der Waals surface area contributed by atoms with Crippen LogP contribution in [0.3, 0.4) is 0 Å². The molecule has 41 heavy (non-hydrogen) atoms. The minimum atomic E-state index is -1.06. The van der Waals surface area contributed by atoms with Crippen molar-refractivity contribution in [2.24, 2.45) is 17.7 Å². The Morgan fingerprint density at radius 1 is 1.15 bits per heavy atom. The first-order chi connectivity index (χ1) is 19.7. The Morgan fingerprint density at radius 2 is 1.85 bits per heavy atom. The monoisotopic (exact) mass is 595 g/mol. The summed E-state index contributed by atoms with van der Waals surface area (Å²) < 4.78 is 0. The van der Waals surface area contributed by atoms with Gasteiger partial charge < -0.3 is 4.90 Å². The van der Waals surface area contributed by atoms with Gasteiger partial charge in [-0.3, -0.25) is 29.6 Å². The third kappa shape index (κ3) is 6.34. The number of carbonyl (C=O) groups excluding carboxylic acids is 4. The molecule has 2 heterocycles. The Labute approximate surface area is 248 Å². The highest BCUT2D eigenvalue weighted by atomic mass is 32.2. The van der Waals surface area contributed by atoms with Crippen molar-refractivity contribution in [2.75, 3.05) is 11.4 Å². The molecule has 3 N–H and O–H groups in total. The maximum Gasteiger partial charge on any atom is 0.337 e. The van der Waals surface area contributed by atoms with Crippen molar-refractivity contribution < 1.29 is 19.2 Å². The van der Waals surface area contributed by atoms with Crippen LogP contribution in [-0.4, -0.2) is 57.5 Å². The molecular formula is C29H35N6O4S2. The summed E-state index contributed by atoms with van der Waals surface area (Å²) in [6, 6.07) is 8.02. The second-order valence-corrected chi connectivity index (χ2v) is 13.1. The number of aromatic nitrogens is 1. The number of rotatable bonds is 11. The van der Waals surface area contributed by atoms with Crippen LogP contribution in [0.4, 0.5) is 9.93 Å². The summed E-state index contributed by atoms with van der Waals surface area (Å²) in [6.45, 7) is 6.75. The van der Waals surface area contributed by atoms with E-state index < -0.39 is 29.3 Å². The largest absolute Gasteiger partial charge is 0.345 e. The van der Waals surface area contributed by atoms with Crippen molar-refractivity contribution in [3.63, 3.8) is 0 Å². The van der Waals surface area contributed by atoms with E-state index in [0.717, 1.165) is 59.6 Å². The Hall–Kier alpha value is -3.22. The lowest BCUT2D eigenvalue weighted by atomic mass is 10.1. The van der Waals surface area contributed by atoms with Crippen LogP contribution in [0.1, 0.15) is 74.3 Å². The minimum Gasteiger partial charge on any atom is -0.345 e. The van der Waals surface area contributed by atoms with E-state index in [1.807, 2.05) is 36.6 Å². The summed E-state index contributed by atoms with van der Waals surface area (Å²) in [5.74, 6) is 4.89. The molecule has 1 radical (unpaired) electrons. The second kappa shape index (κ2) is 12.3. The van der Waals surface area contributed by atoms with E-state index in [-0.39, 0.29) is 16.5 Å². The summed E-state index contributed by atoms with van der Waals surface area (Å²) >= 11 is 2.53. The molecule has 0 spiro atoms. The number of hydrogen-bond donors (Lipinski definition) is 2. The molecule has 0 bridgehead atoms. The number of nitrogens with two attached hydrogens (primary N) is 1. The highest BCUT2D eigenvalue weighted by Gasteiger charge is 2.44. The molecule has 4 amide bonds. The van der Waals surface area contributed by atoms with Crippen molar-refractivity contribution in [3.8, 4) is 0 Å². The Morgan fingerprint density at radius 3 is 2.44 bits per heavy atom. The van der Waals surface area contributed by atoms with Gasteiger partial charge in [0.25, 0.3) is 11.8 Å². The van der Waals surface area contributed by atoms with Crippen LogP contribution in [0.15, 0.2) is 46.3 Å². The smallest absolute Gasteiger partial charge is 0.337 e. The van der Waals surface area contributed by atoms with E-state index in [4.69, 9.17) is 5.84 Å². The molecule has 1 aliphatic heterocycles. The van der Waals surface area contributed by atoms with Crippen molar-refractivity contribution >= 4 is 52.4 Å². The number of nitrogens with zero attached hydrogens (tertiary/aromatic N) is 4. The fraction of sp³-hybridized carbons (Fsp3) is 0.483. The number of benzene rings is 1. The normalized spacial score (nSPS) is 19.3. The van der Waals surface area contributed by atoms with E-state index in [9.17, 15) is 19.2 Å². The van der Waals surface area contributed by atoms with E-state index in [0.29, 0.717) is 24.1 Å². The number of urea groups is 1. The number of hydrazine groups is 1. The van der Waals surface area contributed by atoms with Crippen LogP contribution in [0.25, 0.3) is 0 Å². The summed E-state index contributed by atoms with van der Waals surface area (Å²) in [6.07, 6.45) is 6.38. The van der Waals surface area contributed by atoms with Crippen LogP contribution in [0, 0.1) is 11.8 Å². The lowest BCUT2D eigenvalue weighted by Crippen LogP contribution is -2.46. The van der Waals surface area contributed by atoms with Crippen molar-refractivity contribution in [1.29, 1.82) is 0 Å². The number of carbonyl (C=O) groups is 3. The van der Waals surface area contributed by atoms with Crippen LogP contribution >= 0.6 is 23.1 Å². The Bertz CT molecular complexity index is 1340. The van der Waals surface area contributed by atoms with Gasteiger partial charge in [0.2, 0.25) is 6.29 Å². The van der Waals surface area contributed by atoms with E-state index in [2.05, 4.69) is 29.2 Å². The molecule has 2 atom stereocenters. The molecule has 2 fully saturated rings. The van der Waals surface area contributed by atoms with Gasteiger partial charge in [-0.25, -0.2) is 15.6 Å². The molecule has 217 valence electrons. The topological polar surface area (TPSA) is 129 Å². The molecular weight excluding hydrogens is 560 g/mol. The Kier molecular flexibility index (Phi) is 8.81. The maximum atomic E-state index is 14.2. The molecule has 10 nitrogen and oxygen atoms in total. The average molecular weight is 596 g/mol. The van der Waals surface area contributed by atoms with E-state index >= 15 is 0 Å². The molecule has 0 saturated heterocycles. The van der Waals surface area contributed by atoms with E-state index in [1.54, 1.807) is 12.3 Å². The number of thioether (sulfide) groups is 1. The predicted octanol–water partition coefficient (Wildman–Crippen LogP) is 4.58. The summed E-state index contributed by atoms with van der Waals surface area (Å²) in [4.78, 5) is 62.9. The molecule has 2 aromatic rings. The van der Waals surface area contributed by atoms with Gasteiger partial charge in [-0.1, -0.05) is 68.8 Å². The Balaban J connectivity index is 1.48. The zero-order chi connectivity index (χ0) is 29.3. The number of amides is 4. The summed E-state index contributed by atoms with van der Waals surface area (Å²) in [5, 5.41) is 1.83. The maximum absolute atomic E-state index is 14.2. The van der Waals surface area contributed by atoms with Gasteiger partial charge in [-0.05, 0) is 43.6 Å². The molecule has 3 aliphatic rings. The van der Waals surface area contributed by atoms with E-state index in [1.165, 1.54) is 16.2 Å². The van der Waals surface area contributed by atoms with Crippen molar-refractivity contribution in [2.45, 2.75) is 70.3 Å². The SMILES string of the molecule is CC1=C(C(=O)N(C(=O)c2csc(N(CC(C)C)C3CC3)n2)[C@H]([C]=O)CC2CC2)SC(c2ccccc2)N1C(=O)NN. The first-order valence-corrected chi connectivity index (χ1v) is 15.7. The standard InChI is InChI=1S/C29H35N6O4S2/c1-17(2)14-33(21-11-12-21)29-31-23(16-40-29)25(37)35(22(15-36)13-19-9-10-19)26(38)24-18(3)34(28(39)32-30)27(41-24)20-7-5-4-6-8-20/h4-8,16-17,19,21-22,27H,9-14,30H2,1-3H3,(H,32,39)/t22-,27?/m0/s1. The van der Waals surface area contributed by atoms with Gasteiger partial charge in [0.1, 0.15) is 17.1 Å². The highest BCUT2D eigenvalue weighted by Crippen LogP contribution is 2.48. The van der Waals surface area contributed by atoms with Gasteiger partial charge in [0.15, 0.2) is 5.13 Å². The van der Waals surface area contributed by atoms with Crippen LogP contribution in [-0.2, 0) is 9.59 Å².